The van der Waals surface area contributed by atoms with Crippen LogP contribution < -0.4 is 10.1 Å². The third kappa shape index (κ3) is 5.35. The minimum absolute atomic E-state index is 0.0406. The summed E-state index contributed by atoms with van der Waals surface area (Å²) in [5.41, 5.74) is 1.52. The average Bonchev–Trinajstić information content (AvgIpc) is 2.64. The lowest BCUT2D eigenvalue weighted by Crippen LogP contribution is -2.43. The highest BCUT2D eigenvalue weighted by atomic mass is 16.5. The SMILES string of the molecule is COc1cccc(C(=O)NCC(=O)N(Cc2ccccc2)C(C)C)c1. The van der Waals surface area contributed by atoms with Gasteiger partial charge in [0.25, 0.3) is 5.91 Å². The van der Waals surface area contributed by atoms with Crippen LogP contribution in [0.1, 0.15) is 29.8 Å². The summed E-state index contributed by atoms with van der Waals surface area (Å²) in [6.07, 6.45) is 0. The number of benzene rings is 2. The van der Waals surface area contributed by atoms with Crippen LogP contribution in [0.15, 0.2) is 54.6 Å². The van der Waals surface area contributed by atoms with Crippen LogP contribution in [-0.2, 0) is 11.3 Å². The van der Waals surface area contributed by atoms with Gasteiger partial charge < -0.3 is 15.0 Å². The molecular formula is C20H24N2O3. The van der Waals surface area contributed by atoms with Gasteiger partial charge in [0.05, 0.1) is 13.7 Å². The highest BCUT2D eigenvalue weighted by Crippen LogP contribution is 2.12. The Labute approximate surface area is 148 Å². The van der Waals surface area contributed by atoms with Crippen molar-refractivity contribution in [2.75, 3.05) is 13.7 Å². The monoisotopic (exact) mass is 340 g/mol. The molecule has 0 saturated carbocycles. The van der Waals surface area contributed by atoms with Gasteiger partial charge in [-0.25, -0.2) is 0 Å². The van der Waals surface area contributed by atoms with Crippen molar-refractivity contribution < 1.29 is 14.3 Å². The Bertz CT molecular complexity index is 714. The zero-order valence-corrected chi connectivity index (χ0v) is 14.9. The number of nitrogens with one attached hydrogen (secondary N) is 1. The molecule has 2 rings (SSSR count). The Hall–Kier alpha value is -2.82. The van der Waals surface area contributed by atoms with E-state index in [-0.39, 0.29) is 24.4 Å². The molecule has 0 atom stereocenters. The van der Waals surface area contributed by atoms with E-state index in [4.69, 9.17) is 4.74 Å². The quantitative estimate of drug-likeness (QED) is 0.843. The summed E-state index contributed by atoms with van der Waals surface area (Å²) in [6.45, 7) is 4.41. The highest BCUT2D eigenvalue weighted by molar-refractivity contribution is 5.96. The zero-order chi connectivity index (χ0) is 18.2. The Kier molecular flexibility index (Phi) is 6.57. The smallest absolute Gasteiger partial charge is 0.251 e. The largest absolute Gasteiger partial charge is 0.497 e. The number of methoxy groups -OCH3 is 1. The summed E-state index contributed by atoms with van der Waals surface area (Å²) in [5, 5.41) is 2.69. The molecule has 132 valence electrons. The van der Waals surface area contributed by atoms with Gasteiger partial charge in [0.15, 0.2) is 0 Å². The van der Waals surface area contributed by atoms with Crippen molar-refractivity contribution in [1.29, 1.82) is 0 Å². The van der Waals surface area contributed by atoms with Gasteiger partial charge in [-0.1, -0.05) is 36.4 Å². The molecule has 0 aliphatic carbocycles. The number of ether oxygens (including phenoxy) is 1. The summed E-state index contributed by atoms with van der Waals surface area (Å²) in [6, 6.07) is 16.7. The van der Waals surface area contributed by atoms with E-state index in [2.05, 4.69) is 5.32 Å². The fourth-order valence-corrected chi connectivity index (χ4v) is 2.46. The van der Waals surface area contributed by atoms with E-state index in [1.54, 1.807) is 36.3 Å². The van der Waals surface area contributed by atoms with Crippen molar-refractivity contribution in [3.63, 3.8) is 0 Å². The molecule has 0 bridgehead atoms. The minimum Gasteiger partial charge on any atom is -0.497 e. The van der Waals surface area contributed by atoms with E-state index < -0.39 is 0 Å². The van der Waals surface area contributed by atoms with E-state index in [1.807, 2.05) is 44.2 Å². The highest BCUT2D eigenvalue weighted by Gasteiger charge is 2.18. The number of hydrogen-bond acceptors (Lipinski definition) is 3. The number of hydrogen-bond donors (Lipinski definition) is 1. The third-order valence-electron chi connectivity index (χ3n) is 3.87. The van der Waals surface area contributed by atoms with Gasteiger partial charge in [-0.2, -0.15) is 0 Å². The molecule has 2 aromatic rings. The molecule has 0 fully saturated rings. The molecule has 1 N–H and O–H groups in total. The second-order valence-electron chi connectivity index (χ2n) is 6.02. The van der Waals surface area contributed by atoms with Gasteiger partial charge in [-0.15, -0.1) is 0 Å². The standard InChI is InChI=1S/C20H24N2O3/c1-15(2)22(14-16-8-5-4-6-9-16)19(23)13-21-20(24)17-10-7-11-18(12-17)25-3/h4-12,15H,13-14H2,1-3H3,(H,21,24). The predicted octanol–water partition coefficient (Wildman–Crippen LogP) is 2.86. The molecule has 5 nitrogen and oxygen atoms in total. The first-order valence-corrected chi connectivity index (χ1v) is 8.27. The first kappa shape index (κ1) is 18.5. The summed E-state index contributed by atoms with van der Waals surface area (Å²) < 4.78 is 5.11. The summed E-state index contributed by atoms with van der Waals surface area (Å²) in [7, 11) is 1.55. The Balaban J connectivity index is 1.97. The van der Waals surface area contributed by atoms with Gasteiger partial charge in [0, 0.05) is 18.2 Å². The maximum absolute atomic E-state index is 12.5. The van der Waals surface area contributed by atoms with Crippen LogP contribution in [0.2, 0.25) is 0 Å². The van der Waals surface area contributed by atoms with Crippen LogP contribution in [0.25, 0.3) is 0 Å². The van der Waals surface area contributed by atoms with Crippen LogP contribution in [0, 0.1) is 0 Å². The molecular weight excluding hydrogens is 316 g/mol. The second-order valence-corrected chi connectivity index (χ2v) is 6.02. The van der Waals surface area contributed by atoms with Crippen LogP contribution in [0.5, 0.6) is 5.75 Å². The van der Waals surface area contributed by atoms with E-state index in [1.165, 1.54) is 0 Å². The normalized spacial score (nSPS) is 10.4. The molecule has 5 heteroatoms. The van der Waals surface area contributed by atoms with E-state index in [0.29, 0.717) is 17.9 Å². The maximum Gasteiger partial charge on any atom is 0.251 e. The number of rotatable bonds is 7. The van der Waals surface area contributed by atoms with Crippen molar-refractivity contribution in [2.45, 2.75) is 26.4 Å². The van der Waals surface area contributed by atoms with Gasteiger partial charge in [-0.05, 0) is 37.6 Å². The Morgan fingerprint density at radius 1 is 1.08 bits per heavy atom. The molecule has 0 radical (unpaired) electrons. The number of carbonyl (C=O) groups is 2. The van der Waals surface area contributed by atoms with Crippen molar-refractivity contribution in [1.82, 2.24) is 10.2 Å². The molecule has 0 aromatic heterocycles. The molecule has 25 heavy (non-hydrogen) atoms. The molecule has 0 saturated heterocycles. The summed E-state index contributed by atoms with van der Waals surface area (Å²) in [5.74, 6) is 0.192. The average molecular weight is 340 g/mol. The van der Waals surface area contributed by atoms with Crippen molar-refractivity contribution in [3.8, 4) is 5.75 Å². The van der Waals surface area contributed by atoms with Crippen molar-refractivity contribution in [3.05, 3.63) is 65.7 Å². The van der Waals surface area contributed by atoms with E-state index >= 15 is 0 Å². The van der Waals surface area contributed by atoms with Gasteiger partial charge in [-0.3, -0.25) is 9.59 Å². The number of amides is 2. The molecule has 0 heterocycles. The van der Waals surface area contributed by atoms with Crippen LogP contribution in [0.3, 0.4) is 0 Å². The molecule has 2 amide bonds. The fraction of sp³-hybridized carbons (Fsp3) is 0.300. The van der Waals surface area contributed by atoms with Gasteiger partial charge in [0.2, 0.25) is 5.91 Å². The lowest BCUT2D eigenvalue weighted by Gasteiger charge is -2.27. The first-order valence-electron chi connectivity index (χ1n) is 8.27. The van der Waals surface area contributed by atoms with Crippen molar-refractivity contribution in [2.24, 2.45) is 0 Å². The lowest BCUT2D eigenvalue weighted by molar-refractivity contribution is -0.132. The van der Waals surface area contributed by atoms with Crippen LogP contribution >= 0.6 is 0 Å². The zero-order valence-electron chi connectivity index (χ0n) is 14.9. The van der Waals surface area contributed by atoms with Crippen molar-refractivity contribution >= 4 is 11.8 Å². The molecule has 2 aromatic carbocycles. The fourth-order valence-electron chi connectivity index (χ4n) is 2.46. The number of carbonyl (C=O) groups excluding carboxylic acids is 2. The minimum atomic E-state index is -0.296. The lowest BCUT2D eigenvalue weighted by atomic mass is 10.2. The molecule has 0 spiro atoms. The van der Waals surface area contributed by atoms with Gasteiger partial charge >= 0.3 is 0 Å². The topological polar surface area (TPSA) is 58.6 Å². The summed E-state index contributed by atoms with van der Waals surface area (Å²) >= 11 is 0. The van der Waals surface area contributed by atoms with E-state index in [9.17, 15) is 9.59 Å². The molecule has 0 aliphatic heterocycles. The second kappa shape index (κ2) is 8.87. The number of nitrogens with zero attached hydrogens (tertiary/aromatic N) is 1. The van der Waals surface area contributed by atoms with E-state index in [0.717, 1.165) is 5.56 Å². The first-order chi connectivity index (χ1) is 12.0. The predicted molar refractivity (Wildman–Crippen MR) is 97.5 cm³/mol. The van der Waals surface area contributed by atoms with Gasteiger partial charge in [0.1, 0.15) is 5.75 Å². The van der Waals surface area contributed by atoms with Crippen LogP contribution in [-0.4, -0.2) is 36.4 Å². The Morgan fingerprint density at radius 2 is 1.80 bits per heavy atom. The Morgan fingerprint density at radius 3 is 2.44 bits per heavy atom. The molecule has 0 aliphatic rings. The molecule has 0 unspecified atom stereocenters. The van der Waals surface area contributed by atoms with Crippen LogP contribution in [0.4, 0.5) is 0 Å². The maximum atomic E-state index is 12.5. The summed E-state index contributed by atoms with van der Waals surface area (Å²) in [4.78, 5) is 26.5. The third-order valence-corrected chi connectivity index (χ3v) is 3.87.